The Kier molecular flexibility index (Phi) is 8.98. The van der Waals surface area contributed by atoms with E-state index < -0.39 is 10.0 Å². The third-order valence-corrected chi connectivity index (χ3v) is 10.7. The van der Waals surface area contributed by atoms with Gasteiger partial charge in [-0.1, -0.05) is 30.3 Å². The van der Waals surface area contributed by atoms with E-state index in [0.29, 0.717) is 72.6 Å². The Balaban J connectivity index is 1.30. The van der Waals surface area contributed by atoms with E-state index in [2.05, 4.69) is 4.99 Å². The highest BCUT2D eigenvalue weighted by molar-refractivity contribution is 8.18. The van der Waals surface area contributed by atoms with Crippen LogP contribution < -0.4 is 0 Å². The Hall–Kier alpha value is -3.78. The Morgan fingerprint density at radius 3 is 2.55 bits per heavy atom. The number of thioether (sulfide) groups is 1. The maximum atomic E-state index is 13.7. The van der Waals surface area contributed by atoms with E-state index in [1.54, 1.807) is 35.9 Å². The Bertz CT molecular complexity index is 1710. The number of aliphatic imine (C=N–C) groups is 1. The van der Waals surface area contributed by atoms with Gasteiger partial charge < -0.3 is 14.4 Å². The van der Waals surface area contributed by atoms with E-state index in [1.165, 1.54) is 16.1 Å². The van der Waals surface area contributed by atoms with Crippen LogP contribution in [0.2, 0.25) is 0 Å². The molecule has 0 atom stereocenters. The highest BCUT2D eigenvalue weighted by atomic mass is 32.2. The number of para-hydroxylation sites is 1. The Morgan fingerprint density at radius 2 is 1.82 bits per heavy atom. The molecular formula is C31H33N5O6S2. The maximum Gasteiger partial charge on any atom is 0.309 e. The number of hydrogen-bond donors (Lipinski definition) is 0. The number of carbonyl (C=O) groups is 2. The number of hydrogen-bond acceptors (Lipinski definition) is 9. The molecule has 0 spiro atoms. The average Bonchev–Trinajstić information content (AvgIpc) is 3.65. The monoisotopic (exact) mass is 635 g/mol. The average molecular weight is 636 g/mol. The first-order chi connectivity index (χ1) is 21.3. The minimum absolute atomic E-state index is 0.140. The van der Waals surface area contributed by atoms with Crippen molar-refractivity contribution in [2.24, 2.45) is 10.9 Å². The lowest BCUT2D eigenvalue weighted by Gasteiger charge is -2.30. The number of ether oxygens (including phenoxy) is 2. The fourth-order valence-corrected chi connectivity index (χ4v) is 7.88. The first-order valence-electron chi connectivity index (χ1n) is 14.6. The van der Waals surface area contributed by atoms with E-state index in [0.717, 1.165) is 5.69 Å². The zero-order valence-corrected chi connectivity index (χ0v) is 25.9. The first-order valence-corrected chi connectivity index (χ1v) is 16.9. The molecule has 0 N–H and O–H groups in total. The number of benzene rings is 2. The van der Waals surface area contributed by atoms with Crippen LogP contribution >= 0.6 is 11.8 Å². The second-order valence-corrected chi connectivity index (χ2v) is 13.5. The van der Waals surface area contributed by atoms with Gasteiger partial charge in [0.15, 0.2) is 5.17 Å². The number of esters is 1. The van der Waals surface area contributed by atoms with Gasteiger partial charge in [0.1, 0.15) is 5.69 Å². The zero-order chi connectivity index (χ0) is 30.7. The van der Waals surface area contributed by atoms with Crippen molar-refractivity contribution in [1.82, 2.24) is 19.0 Å². The molecule has 6 rings (SSSR count). The lowest BCUT2D eigenvalue weighted by molar-refractivity contribution is -0.149. The van der Waals surface area contributed by atoms with Crippen LogP contribution in [0.1, 0.15) is 25.3 Å². The van der Waals surface area contributed by atoms with Gasteiger partial charge in [0.05, 0.1) is 41.2 Å². The smallest absolute Gasteiger partial charge is 0.309 e. The number of amides is 1. The van der Waals surface area contributed by atoms with Crippen LogP contribution in [0.3, 0.4) is 0 Å². The summed E-state index contributed by atoms with van der Waals surface area (Å²) in [6, 6.07) is 16.3. The SMILES string of the molecule is CCOC(=O)C1CCN(S(=O)(=O)c2cccc(-c3nn(-c4ccccc4)cc3/C=C3\SC(N4CCOCC4)=NC3=O)c2)CC1. The normalized spacial score (nSPS) is 19.4. The molecule has 2 aromatic carbocycles. The van der Waals surface area contributed by atoms with Gasteiger partial charge in [-0.25, -0.2) is 13.1 Å². The molecule has 0 aliphatic carbocycles. The predicted molar refractivity (Wildman–Crippen MR) is 168 cm³/mol. The molecule has 44 heavy (non-hydrogen) atoms. The molecule has 230 valence electrons. The maximum absolute atomic E-state index is 13.7. The van der Waals surface area contributed by atoms with E-state index in [1.807, 2.05) is 47.5 Å². The summed E-state index contributed by atoms with van der Waals surface area (Å²) in [7, 11) is -3.82. The summed E-state index contributed by atoms with van der Waals surface area (Å²) in [4.78, 5) is 32.0. The fourth-order valence-electron chi connectivity index (χ4n) is 5.40. The predicted octanol–water partition coefficient (Wildman–Crippen LogP) is 3.81. The number of amidine groups is 1. The number of sulfonamides is 1. The van der Waals surface area contributed by atoms with Gasteiger partial charge in [0.25, 0.3) is 5.91 Å². The van der Waals surface area contributed by atoms with Crippen LogP contribution in [0.5, 0.6) is 0 Å². The highest BCUT2D eigenvalue weighted by Gasteiger charge is 2.33. The summed E-state index contributed by atoms with van der Waals surface area (Å²) >= 11 is 1.32. The highest BCUT2D eigenvalue weighted by Crippen LogP contribution is 2.34. The second kappa shape index (κ2) is 13.1. The molecule has 4 heterocycles. The topological polar surface area (TPSA) is 123 Å². The van der Waals surface area contributed by atoms with Gasteiger partial charge in [-0.15, -0.1) is 0 Å². The molecule has 2 saturated heterocycles. The van der Waals surface area contributed by atoms with Crippen molar-refractivity contribution in [2.45, 2.75) is 24.7 Å². The van der Waals surface area contributed by atoms with Crippen LogP contribution in [-0.2, 0) is 29.1 Å². The molecule has 0 unspecified atom stereocenters. The van der Waals surface area contributed by atoms with Crippen LogP contribution in [-0.4, -0.2) is 90.4 Å². The lowest BCUT2D eigenvalue weighted by Crippen LogP contribution is -2.40. The van der Waals surface area contributed by atoms with Gasteiger partial charge >= 0.3 is 5.97 Å². The van der Waals surface area contributed by atoms with Gasteiger partial charge in [0.2, 0.25) is 10.0 Å². The second-order valence-electron chi connectivity index (χ2n) is 10.6. The fraction of sp³-hybridized carbons (Fsp3) is 0.355. The third-order valence-electron chi connectivity index (χ3n) is 7.76. The van der Waals surface area contributed by atoms with E-state index in [-0.39, 0.29) is 35.8 Å². The number of morpholine rings is 1. The number of carbonyl (C=O) groups excluding carboxylic acids is 2. The molecule has 3 aliphatic rings. The number of aromatic nitrogens is 2. The van der Waals surface area contributed by atoms with E-state index >= 15 is 0 Å². The Morgan fingerprint density at radius 1 is 1.07 bits per heavy atom. The van der Waals surface area contributed by atoms with E-state index in [4.69, 9.17) is 14.6 Å². The standard InChI is InChI=1S/C31H33N5O6S2/c1-2-42-30(38)22-11-13-35(14-12-22)44(39,40)26-10-6-7-23(19-26)28-24(21-36(33-28)25-8-4-3-5-9-25)20-27-29(37)32-31(43-27)34-15-17-41-18-16-34/h3-10,19-22H,2,11-18H2,1H3/b27-20-. The van der Waals surface area contributed by atoms with Crippen molar-refractivity contribution in [3.05, 3.63) is 71.3 Å². The molecule has 1 amide bonds. The summed E-state index contributed by atoms with van der Waals surface area (Å²) in [6.07, 6.45) is 4.43. The summed E-state index contributed by atoms with van der Waals surface area (Å²) in [5, 5.41) is 5.49. The van der Waals surface area contributed by atoms with Gasteiger partial charge in [-0.2, -0.15) is 14.4 Å². The van der Waals surface area contributed by atoms with Crippen molar-refractivity contribution in [3.8, 4) is 16.9 Å². The molecule has 0 bridgehead atoms. The van der Waals surface area contributed by atoms with Gasteiger partial charge in [0, 0.05) is 43.5 Å². The minimum Gasteiger partial charge on any atom is -0.466 e. The molecule has 3 aliphatic heterocycles. The number of nitrogens with zero attached hydrogens (tertiary/aromatic N) is 5. The summed E-state index contributed by atoms with van der Waals surface area (Å²) in [5.74, 6) is -0.893. The van der Waals surface area contributed by atoms with Crippen LogP contribution in [0.15, 0.2) is 75.6 Å². The molecular weight excluding hydrogens is 603 g/mol. The van der Waals surface area contributed by atoms with Crippen LogP contribution in [0.25, 0.3) is 23.0 Å². The molecule has 11 nitrogen and oxygen atoms in total. The van der Waals surface area contributed by atoms with Crippen LogP contribution in [0, 0.1) is 5.92 Å². The Labute approximate surface area is 260 Å². The van der Waals surface area contributed by atoms with E-state index in [9.17, 15) is 18.0 Å². The quantitative estimate of drug-likeness (QED) is 0.282. The minimum atomic E-state index is -3.82. The molecule has 1 aromatic heterocycles. The van der Waals surface area contributed by atoms with Crippen LogP contribution in [0.4, 0.5) is 0 Å². The van der Waals surface area contributed by atoms with Crippen molar-refractivity contribution in [1.29, 1.82) is 0 Å². The van der Waals surface area contributed by atoms with Crippen molar-refractivity contribution < 1.29 is 27.5 Å². The van der Waals surface area contributed by atoms with Gasteiger partial charge in [-0.3, -0.25) is 9.59 Å². The molecule has 13 heteroatoms. The molecule has 2 fully saturated rings. The van der Waals surface area contributed by atoms with Crippen molar-refractivity contribution in [2.75, 3.05) is 46.0 Å². The third kappa shape index (κ3) is 6.36. The summed E-state index contributed by atoms with van der Waals surface area (Å²) in [6.45, 7) is 5.05. The summed E-state index contributed by atoms with van der Waals surface area (Å²) in [5.41, 5.74) is 2.61. The molecule has 3 aromatic rings. The van der Waals surface area contributed by atoms with Crippen molar-refractivity contribution in [3.63, 3.8) is 0 Å². The zero-order valence-electron chi connectivity index (χ0n) is 24.3. The summed E-state index contributed by atoms with van der Waals surface area (Å²) < 4.78 is 41.1. The number of rotatable bonds is 7. The largest absolute Gasteiger partial charge is 0.466 e. The first kappa shape index (κ1) is 30.3. The van der Waals surface area contributed by atoms with Gasteiger partial charge in [-0.05, 0) is 61.9 Å². The lowest BCUT2D eigenvalue weighted by atomic mass is 9.98. The molecule has 0 saturated carbocycles. The number of piperidine rings is 1. The van der Waals surface area contributed by atoms with Crippen molar-refractivity contribution >= 4 is 44.9 Å². The molecule has 0 radical (unpaired) electrons.